The number of likely N-dealkylation sites (N-methyl/N-ethyl adjacent to an activating group) is 1. The van der Waals surface area contributed by atoms with Crippen LogP contribution in [0.15, 0.2) is 24.3 Å². The molecule has 19 heavy (non-hydrogen) atoms. The summed E-state index contributed by atoms with van der Waals surface area (Å²) in [6.07, 6.45) is 0.186. The first-order valence-electron chi connectivity index (χ1n) is 6.02. The lowest BCUT2D eigenvalue weighted by molar-refractivity contribution is -0.131. The molecular formula is C14H19NO4. The van der Waals surface area contributed by atoms with E-state index in [4.69, 9.17) is 9.84 Å². The average molecular weight is 265 g/mol. The van der Waals surface area contributed by atoms with Gasteiger partial charge in [0, 0.05) is 14.2 Å². The van der Waals surface area contributed by atoms with Crippen molar-refractivity contribution in [1.29, 1.82) is 0 Å². The van der Waals surface area contributed by atoms with Gasteiger partial charge in [-0.1, -0.05) is 12.1 Å². The molecule has 0 aliphatic heterocycles. The van der Waals surface area contributed by atoms with E-state index >= 15 is 0 Å². The first-order valence-corrected chi connectivity index (χ1v) is 6.02. The molecule has 0 radical (unpaired) electrons. The molecule has 5 nitrogen and oxygen atoms in total. The average Bonchev–Trinajstić information content (AvgIpc) is 2.38. The maximum absolute atomic E-state index is 12.0. The molecule has 0 saturated heterocycles. The number of carboxylic acid groups (broad SMARTS) is 1. The molecule has 1 rings (SSSR count). The molecular weight excluding hydrogens is 246 g/mol. The second-order valence-corrected chi connectivity index (χ2v) is 4.49. The van der Waals surface area contributed by atoms with Gasteiger partial charge in [-0.2, -0.15) is 0 Å². The Morgan fingerprint density at radius 1 is 1.42 bits per heavy atom. The van der Waals surface area contributed by atoms with Gasteiger partial charge in [-0.15, -0.1) is 0 Å². The van der Waals surface area contributed by atoms with Gasteiger partial charge >= 0.3 is 5.97 Å². The van der Waals surface area contributed by atoms with E-state index in [0.29, 0.717) is 12.2 Å². The van der Waals surface area contributed by atoms with Gasteiger partial charge in [-0.3, -0.25) is 4.79 Å². The number of aromatic carboxylic acids is 1. The molecule has 1 atom stereocenters. The zero-order chi connectivity index (χ0) is 14.4. The van der Waals surface area contributed by atoms with Crippen LogP contribution in [0.5, 0.6) is 0 Å². The van der Waals surface area contributed by atoms with Gasteiger partial charge in [0.25, 0.3) is 0 Å². The van der Waals surface area contributed by atoms with Crippen LogP contribution in [0.25, 0.3) is 0 Å². The minimum atomic E-state index is -0.990. The van der Waals surface area contributed by atoms with Crippen LogP contribution < -0.4 is 0 Å². The molecule has 0 aromatic heterocycles. The van der Waals surface area contributed by atoms with Crippen LogP contribution in [0.1, 0.15) is 22.8 Å². The first-order chi connectivity index (χ1) is 8.95. The molecule has 1 aromatic rings. The highest BCUT2D eigenvalue weighted by Crippen LogP contribution is 2.08. The molecule has 0 fully saturated rings. The second-order valence-electron chi connectivity index (χ2n) is 4.49. The third-order valence-corrected chi connectivity index (χ3v) is 2.99. The summed E-state index contributed by atoms with van der Waals surface area (Å²) in [5, 5.41) is 8.90. The first kappa shape index (κ1) is 15.2. The standard InChI is InChI=1S/C14H19NO4/c1-10(9-19-3)15(2)13(16)8-11-5-4-6-12(7-11)14(17)18/h4-7,10H,8-9H2,1-3H3,(H,17,18). The van der Waals surface area contributed by atoms with E-state index < -0.39 is 5.97 Å². The van der Waals surface area contributed by atoms with Crippen LogP contribution >= 0.6 is 0 Å². The van der Waals surface area contributed by atoms with E-state index in [1.807, 2.05) is 6.92 Å². The Labute approximate surface area is 112 Å². The Morgan fingerprint density at radius 3 is 2.68 bits per heavy atom. The highest BCUT2D eigenvalue weighted by atomic mass is 16.5. The molecule has 104 valence electrons. The van der Waals surface area contributed by atoms with Gasteiger partial charge in [0.2, 0.25) is 5.91 Å². The molecule has 0 aliphatic carbocycles. The lowest BCUT2D eigenvalue weighted by Crippen LogP contribution is -2.38. The maximum Gasteiger partial charge on any atom is 0.335 e. The minimum Gasteiger partial charge on any atom is -0.478 e. The number of amides is 1. The van der Waals surface area contributed by atoms with Crippen molar-refractivity contribution in [1.82, 2.24) is 4.90 Å². The number of hydrogen-bond donors (Lipinski definition) is 1. The Balaban J connectivity index is 2.71. The Hall–Kier alpha value is -1.88. The van der Waals surface area contributed by atoms with Gasteiger partial charge < -0.3 is 14.7 Å². The zero-order valence-corrected chi connectivity index (χ0v) is 11.4. The van der Waals surface area contributed by atoms with Gasteiger partial charge in [0.05, 0.1) is 24.6 Å². The maximum atomic E-state index is 12.0. The number of carbonyl (C=O) groups excluding carboxylic acids is 1. The molecule has 0 heterocycles. The number of carbonyl (C=O) groups is 2. The number of ether oxygens (including phenoxy) is 1. The summed E-state index contributed by atoms with van der Waals surface area (Å²) in [7, 11) is 3.30. The van der Waals surface area contributed by atoms with Crippen molar-refractivity contribution in [3.63, 3.8) is 0 Å². The number of benzene rings is 1. The Morgan fingerprint density at radius 2 is 2.11 bits per heavy atom. The van der Waals surface area contributed by atoms with Crippen molar-refractivity contribution in [3.8, 4) is 0 Å². The van der Waals surface area contributed by atoms with Crippen LogP contribution in [0.3, 0.4) is 0 Å². The predicted molar refractivity (Wildman–Crippen MR) is 71.2 cm³/mol. The summed E-state index contributed by atoms with van der Waals surface area (Å²) in [6.45, 7) is 2.37. The fraction of sp³-hybridized carbons (Fsp3) is 0.429. The molecule has 0 aliphatic rings. The Kier molecular flexibility index (Phi) is 5.51. The van der Waals surface area contributed by atoms with Crippen molar-refractivity contribution in [2.24, 2.45) is 0 Å². The number of carboxylic acids is 1. The van der Waals surface area contributed by atoms with Crippen molar-refractivity contribution < 1.29 is 19.4 Å². The number of methoxy groups -OCH3 is 1. The fourth-order valence-corrected chi connectivity index (χ4v) is 1.71. The Bertz CT molecular complexity index is 459. The molecule has 1 amide bonds. The summed E-state index contributed by atoms with van der Waals surface area (Å²) in [5.74, 6) is -1.05. The topological polar surface area (TPSA) is 66.8 Å². The molecule has 0 spiro atoms. The normalized spacial score (nSPS) is 11.9. The summed E-state index contributed by atoms with van der Waals surface area (Å²) < 4.78 is 5.00. The minimum absolute atomic E-state index is 0.0137. The smallest absolute Gasteiger partial charge is 0.335 e. The van der Waals surface area contributed by atoms with Crippen LogP contribution in [0.4, 0.5) is 0 Å². The monoisotopic (exact) mass is 265 g/mol. The van der Waals surface area contributed by atoms with E-state index in [0.717, 1.165) is 0 Å². The SMILES string of the molecule is COCC(C)N(C)C(=O)Cc1cccc(C(=O)O)c1. The number of nitrogens with zero attached hydrogens (tertiary/aromatic N) is 1. The molecule has 1 unspecified atom stereocenters. The quantitative estimate of drug-likeness (QED) is 0.844. The summed E-state index contributed by atoms with van der Waals surface area (Å²) in [4.78, 5) is 24.5. The summed E-state index contributed by atoms with van der Waals surface area (Å²) in [6, 6.07) is 6.41. The molecule has 5 heteroatoms. The highest BCUT2D eigenvalue weighted by Gasteiger charge is 2.16. The third kappa shape index (κ3) is 4.37. The number of rotatable bonds is 6. The lowest BCUT2D eigenvalue weighted by atomic mass is 10.1. The second kappa shape index (κ2) is 6.89. The molecule has 0 saturated carbocycles. The largest absolute Gasteiger partial charge is 0.478 e. The van der Waals surface area contributed by atoms with E-state index in [1.165, 1.54) is 12.1 Å². The van der Waals surface area contributed by atoms with Crippen molar-refractivity contribution in [2.45, 2.75) is 19.4 Å². The predicted octanol–water partition coefficient (Wildman–Crippen LogP) is 1.42. The lowest BCUT2D eigenvalue weighted by Gasteiger charge is -2.24. The van der Waals surface area contributed by atoms with Crippen molar-refractivity contribution >= 4 is 11.9 Å². The highest BCUT2D eigenvalue weighted by molar-refractivity contribution is 5.88. The van der Waals surface area contributed by atoms with Crippen LogP contribution in [0, 0.1) is 0 Å². The van der Waals surface area contributed by atoms with Crippen molar-refractivity contribution in [3.05, 3.63) is 35.4 Å². The van der Waals surface area contributed by atoms with Gasteiger partial charge in [-0.25, -0.2) is 4.79 Å². The summed E-state index contributed by atoms with van der Waals surface area (Å²) >= 11 is 0. The fourth-order valence-electron chi connectivity index (χ4n) is 1.71. The van der Waals surface area contributed by atoms with E-state index in [-0.39, 0.29) is 23.9 Å². The number of hydrogen-bond acceptors (Lipinski definition) is 3. The van der Waals surface area contributed by atoms with Gasteiger partial charge in [-0.05, 0) is 24.6 Å². The van der Waals surface area contributed by atoms with E-state index in [1.54, 1.807) is 31.2 Å². The van der Waals surface area contributed by atoms with E-state index in [2.05, 4.69) is 0 Å². The van der Waals surface area contributed by atoms with Crippen LogP contribution in [-0.2, 0) is 16.0 Å². The van der Waals surface area contributed by atoms with Gasteiger partial charge in [0.15, 0.2) is 0 Å². The van der Waals surface area contributed by atoms with Crippen LogP contribution in [-0.4, -0.2) is 48.7 Å². The molecule has 1 aromatic carbocycles. The zero-order valence-electron chi connectivity index (χ0n) is 11.4. The van der Waals surface area contributed by atoms with Crippen LogP contribution in [0.2, 0.25) is 0 Å². The molecule has 0 bridgehead atoms. The molecule has 1 N–H and O–H groups in total. The van der Waals surface area contributed by atoms with Crippen molar-refractivity contribution in [2.75, 3.05) is 20.8 Å². The third-order valence-electron chi connectivity index (χ3n) is 2.99. The van der Waals surface area contributed by atoms with Gasteiger partial charge in [0.1, 0.15) is 0 Å². The van der Waals surface area contributed by atoms with E-state index in [9.17, 15) is 9.59 Å². The summed E-state index contributed by atoms with van der Waals surface area (Å²) in [5.41, 5.74) is 0.888.